The van der Waals surface area contributed by atoms with Crippen LogP contribution < -0.4 is 5.73 Å². The number of nitrogens with one attached hydrogen (secondary N) is 1. The summed E-state index contributed by atoms with van der Waals surface area (Å²) < 4.78 is 5.08. The Labute approximate surface area is 104 Å². The van der Waals surface area contributed by atoms with Gasteiger partial charge in [0.25, 0.3) is 0 Å². The minimum Gasteiger partial charge on any atom is -0.369 e. The highest BCUT2D eigenvalue weighted by Gasteiger charge is 2.11. The van der Waals surface area contributed by atoms with Crippen LogP contribution in [0.1, 0.15) is 28.7 Å². The molecular formula is C11H15N5O2. The molecule has 7 nitrogen and oxygen atoms in total. The molecule has 2 aromatic heterocycles. The number of carbonyl (C=O) groups is 1. The maximum atomic E-state index is 10.7. The summed E-state index contributed by atoms with van der Waals surface area (Å²) in [5.41, 5.74) is 7.05. The predicted molar refractivity (Wildman–Crippen MR) is 62.7 cm³/mol. The standard InChI is InChI=1S/C11H15N5O2/c1-6-8(7(2)18-16-6)3-4-10-13-11(15-14-10)5-9(12)17/h3-5H2,1-2H3,(H2,12,17)(H,13,14,15). The van der Waals surface area contributed by atoms with E-state index in [0.29, 0.717) is 18.1 Å². The molecule has 18 heavy (non-hydrogen) atoms. The first kappa shape index (κ1) is 12.3. The zero-order valence-electron chi connectivity index (χ0n) is 10.4. The van der Waals surface area contributed by atoms with Crippen LogP contribution in [-0.4, -0.2) is 26.2 Å². The fourth-order valence-electron chi connectivity index (χ4n) is 1.79. The zero-order valence-corrected chi connectivity index (χ0v) is 10.4. The summed E-state index contributed by atoms with van der Waals surface area (Å²) in [6.07, 6.45) is 1.51. The van der Waals surface area contributed by atoms with Crippen LogP contribution in [0.2, 0.25) is 0 Å². The molecular weight excluding hydrogens is 234 g/mol. The average Bonchev–Trinajstić information content (AvgIpc) is 2.84. The lowest BCUT2D eigenvalue weighted by atomic mass is 10.1. The van der Waals surface area contributed by atoms with E-state index in [-0.39, 0.29) is 6.42 Å². The molecule has 0 radical (unpaired) electrons. The topological polar surface area (TPSA) is 111 Å². The number of hydrogen-bond donors (Lipinski definition) is 2. The Kier molecular flexibility index (Phi) is 3.40. The van der Waals surface area contributed by atoms with Crippen LogP contribution in [0.3, 0.4) is 0 Å². The Bertz CT molecular complexity index is 538. The van der Waals surface area contributed by atoms with Crippen molar-refractivity contribution in [3.63, 3.8) is 0 Å². The summed E-state index contributed by atoms with van der Waals surface area (Å²) in [6, 6.07) is 0. The number of carbonyl (C=O) groups excluding carboxylic acids is 1. The minimum absolute atomic E-state index is 0.0817. The van der Waals surface area contributed by atoms with E-state index in [1.807, 2.05) is 13.8 Å². The van der Waals surface area contributed by atoms with Gasteiger partial charge in [-0.2, -0.15) is 5.10 Å². The average molecular weight is 249 g/mol. The maximum absolute atomic E-state index is 10.7. The van der Waals surface area contributed by atoms with Crippen LogP contribution >= 0.6 is 0 Å². The third-order valence-electron chi connectivity index (χ3n) is 2.70. The minimum atomic E-state index is -0.427. The van der Waals surface area contributed by atoms with Crippen molar-refractivity contribution < 1.29 is 9.32 Å². The largest absolute Gasteiger partial charge is 0.369 e. The van der Waals surface area contributed by atoms with Gasteiger partial charge >= 0.3 is 0 Å². The SMILES string of the molecule is Cc1noc(C)c1CCc1n[nH]c(CC(N)=O)n1. The van der Waals surface area contributed by atoms with Gasteiger partial charge in [0.2, 0.25) is 5.91 Å². The Morgan fingerprint density at radius 2 is 2.17 bits per heavy atom. The van der Waals surface area contributed by atoms with Crippen LogP contribution in [-0.2, 0) is 24.1 Å². The Balaban J connectivity index is 1.98. The molecule has 0 saturated heterocycles. The van der Waals surface area contributed by atoms with Gasteiger partial charge in [-0.25, -0.2) is 4.98 Å². The van der Waals surface area contributed by atoms with Crippen LogP contribution in [0.5, 0.6) is 0 Å². The molecule has 0 aliphatic heterocycles. The number of rotatable bonds is 5. The van der Waals surface area contributed by atoms with Gasteiger partial charge in [0.05, 0.1) is 12.1 Å². The fourth-order valence-corrected chi connectivity index (χ4v) is 1.79. The van der Waals surface area contributed by atoms with E-state index in [4.69, 9.17) is 10.3 Å². The van der Waals surface area contributed by atoms with E-state index >= 15 is 0 Å². The summed E-state index contributed by atoms with van der Waals surface area (Å²) in [5.74, 6) is 1.55. The molecule has 0 bridgehead atoms. The van der Waals surface area contributed by atoms with Crippen molar-refractivity contribution in [2.24, 2.45) is 5.73 Å². The number of hydrogen-bond acceptors (Lipinski definition) is 5. The van der Waals surface area contributed by atoms with E-state index in [1.54, 1.807) is 0 Å². The molecule has 0 aliphatic rings. The monoisotopic (exact) mass is 249 g/mol. The van der Waals surface area contributed by atoms with E-state index in [2.05, 4.69) is 20.3 Å². The Morgan fingerprint density at radius 1 is 1.39 bits per heavy atom. The number of primary amides is 1. The third-order valence-corrected chi connectivity index (χ3v) is 2.70. The number of amides is 1. The quantitative estimate of drug-likeness (QED) is 0.787. The Hall–Kier alpha value is -2.18. The Morgan fingerprint density at radius 3 is 2.78 bits per heavy atom. The molecule has 2 rings (SSSR count). The second-order valence-corrected chi connectivity index (χ2v) is 4.14. The summed E-state index contributed by atoms with van der Waals surface area (Å²) in [7, 11) is 0. The lowest BCUT2D eigenvalue weighted by molar-refractivity contribution is -0.117. The lowest BCUT2D eigenvalue weighted by Crippen LogP contribution is -2.14. The molecule has 7 heteroatoms. The van der Waals surface area contributed by atoms with Crippen molar-refractivity contribution in [2.45, 2.75) is 33.1 Å². The highest BCUT2D eigenvalue weighted by molar-refractivity contribution is 5.75. The highest BCUT2D eigenvalue weighted by atomic mass is 16.5. The molecule has 2 aromatic rings. The van der Waals surface area contributed by atoms with E-state index < -0.39 is 5.91 Å². The van der Waals surface area contributed by atoms with Crippen LogP contribution in [0.25, 0.3) is 0 Å². The summed E-state index contributed by atoms with van der Waals surface area (Å²) in [6.45, 7) is 3.79. The number of H-pyrrole nitrogens is 1. The molecule has 0 spiro atoms. The first-order valence-corrected chi connectivity index (χ1v) is 5.66. The second kappa shape index (κ2) is 4.99. The van der Waals surface area contributed by atoms with E-state index in [9.17, 15) is 4.79 Å². The second-order valence-electron chi connectivity index (χ2n) is 4.14. The van der Waals surface area contributed by atoms with Crippen LogP contribution in [0.4, 0.5) is 0 Å². The summed E-state index contributed by atoms with van der Waals surface area (Å²) in [4.78, 5) is 14.9. The number of aryl methyl sites for hydroxylation is 3. The van der Waals surface area contributed by atoms with Crippen molar-refractivity contribution >= 4 is 5.91 Å². The van der Waals surface area contributed by atoms with Crippen molar-refractivity contribution in [3.05, 3.63) is 28.7 Å². The molecule has 3 N–H and O–H groups in total. The first-order chi connectivity index (χ1) is 8.56. The van der Waals surface area contributed by atoms with Gasteiger partial charge in [0.15, 0.2) is 5.82 Å². The van der Waals surface area contributed by atoms with Gasteiger partial charge in [-0.05, 0) is 20.3 Å². The highest BCUT2D eigenvalue weighted by Crippen LogP contribution is 2.14. The van der Waals surface area contributed by atoms with E-state index in [0.717, 1.165) is 23.4 Å². The van der Waals surface area contributed by atoms with Gasteiger partial charge in [-0.3, -0.25) is 9.89 Å². The van der Waals surface area contributed by atoms with Gasteiger partial charge in [0, 0.05) is 12.0 Å². The smallest absolute Gasteiger partial charge is 0.225 e. The zero-order chi connectivity index (χ0) is 13.1. The number of aromatic amines is 1. The van der Waals surface area contributed by atoms with Gasteiger partial charge in [0.1, 0.15) is 11.6 Å². The molecule has 2 heterocycles. The normalized spacial score (nSPS) is 10.8. The van der Waals surface area contributed by atoms with Crippen LogP contribution in [0.15, 0.2) is 4.52 Å². The van der Waals surface area contributed by atoms with Crippen molar-refractivity contribution in [3.8, 4) is 0 Å². The lowest BCUT2D eigenvalue weighted by Gasteiger charge is -1.96. The molecule has 0 fully saturated rings. The van der Waals surface area contributed by atoms with Crippen molar-refractivity contribution in [2.75, 3.05) is 0 Å². The third kappa shape index (κ3) is 2.73. The molecule has 0 saturated carbocycles. The van der Waals surface area contributed by atoms with E-state index in [1.165, 1.54) is 0 Å². The summed E-state index contributed by atoms with van der Waals surface area (Å²) >= 11 is 0. The molecule has 0 aromatic carbocycles. The van der Waals surface area contributed by atoms with Gasteiger partial charge in [-0.15, -0.1) is 0 Å². The predicted octanol–water partition coefficient (Wildman–Crippen LogP) is 0.223. The van der Waals surface area contributed by atoms with Gasteiger partial charge < -0.3 is 10.3 Å². The fraction of sp³-hybridized carbons (Fsp3) is 0.455. The summed E-state index contributed by atoms with van der Waals surface area (Å²) in [5, 5.41) is 10.6. The number of nitrogens with two attached hydrogens (primary N) is 1. The van der Waals surface area contributed by atoms with Gasteiger partial charge in [-0.1, -0.05) is 5.16 Å². The maximum Gasteiger partial charge on any atom is 0.225 e. The van der Waals surface area contributed by atoms with Crippen LogP contribution in [0, 0.1) is 13.8 Å². The van der Waals surface area contributed by atoms with Crippen molar-refractivity contribution in [1.29, 1.82) is 0 Å². The molecule has 1 amide bonds. The molecule has 96 valence electrons. The van der Waals surface area contributed by atoms with Crippen molar-refractivity contribution in [1.82, 2.24) is 20.3 Å². The molecule has 0 atom stereocenters. The first-order valence-electron chi connectivity index (χ1n) is 5.66. The number of nitrogens with zero attached hydrogens (tertiary/aromatic N) is 3. The molecule has 0 unspecified atom stereocenters. The number of aromatic nitrogens is 4. The molecule has 0 aliphatic carbocycles.